The molecule has 1 atom stereocenters. The molecule has 0 aliphatic heterocycles. The molecule has 0 aliphatic rings. The number of carbonyl (C=O) groups is 2. The molecule has 0 heterocycles. The molecule has 0 aliphatic carbocycles. The summed E-state index contributed by atoms with van der Waals surface area (Å²) in [4.78, 5) is 21.8. The molecule has 5 nitrogen and oxygen atoms in total. The molecular formula is C9H16KNO4. The number of hydrogen-bond acceptors (Lipinski definition) is 5. The molecule has 1 unspecified atom stereocenters. The van der Waals surface area contributed by atoms with Gasteiger partial charge in [0.2, 0.25) is 0 Å². The van der Waals surface area contributed by atoms with E-state index in [1.807, 2.05) is 0 Å². The fourth-order valence-corrected chi connectivity index (χ4v) is 0.872. The molecule has 82 valence electrons. The van der Waals surface area contributed by atoms with E-state index in [-0.39, 0.29) is 64.4 Å². The maximum Gasteiger partial charge on any atom is 1.00 e. The summed E-state index contributed by atoms with van der Waals surface area (Å²) in [6, 6.07) is 0. The largest absolute Gasteiger partial charge is 1.00 e. The first kappa shape index (κ1) is 17.9. The van der Waals surface area contributed by atoms with E-state index in [0.29, 0.717) is 0 Å². The van der Waals surface area contributed by atoms with Crippen molar-refractivity contribution in [3.05, 3.63) is 0 Å². The normalized spacial score (nSPS) is 12.5. The van der Waals surface area contributed by atoms with Gasteiger partial charge in [0.15, 0.2) is 0 Å². The summed E-state index contributed by atoms with van der Waals surface area (Å²) in [6.07, 6.45) is 0.0389. The Kier molecular flexibility index (Phi) is 9.26. The van der Waals surface area contributed by atoms with Crippen molar-refractivity contribution in [3.63, 3.8) is 0 Å². The van der Waals surface area contributed by atoms with E-state index in [0.717, 1.165) is 0 Å². The molecule has 0 aromatic rings. The molecule has 0 amide bonds. The van der Waals surface area contributed by atoms with Crippen LogP contribution in [0, 0.1) is 5.92 Å². The molecule has 15 heavy (non-hydrogen) atoms. The van der Waals surface area contributed by atoms with E-state index in [1.165, 1.54) is 0 Å². The third-order valence-corrected chi connectivity index (χ3v) is 1.43. The standard InChI is InChI=1S/C9H17NO4.K/c1-9(2,3)14-8(13)6(4-5-10)7(11)12;/h6H,4-5,10H2,1-3H3,(H,11,12);/q;+1/p-1. The van der Waals surface area contributed by atoms with E-state index in [4.69, 9.17) is 10.5 Å². The Balaban J connectivity index is 0. The first-order chi connectivity index (χ1) is 6.28. The van der Waals surface area contributed by atoms with E-state index in [9.17, 15) is 14.7 Å². The second-order valence-electron chi connectivity index (χ2n) is 3.98. The van der Waals surface area contributed by atoms with Gasteiger partial charge < -0.3 is 20.4 Å². The number of nitrogens with two attached hydrogens (primary N) is 1. The fraction of sp³-hybridized carbons (Fsp3) is 0.778. The van der Waals surface area contributed by atoms with Gasteiger partial charge in [0, 0.05) is 0 Å². The van der Waals surface area contributed by atoms with Gasteiger partial charge in [-0.1, -0.05) is 0 Å². The number of hydrogen-bond donors (Lipinski definition) is 1. The van der Waals surface area contributed by atoms with Crippen LogP contribution in [0.15, 0.2) is 0 Å². The molecule has 6 heteroatoms. The van der Waals surface area contributed by atoms with Gasteiger partial charge in [-0.15, -0.1) is 0 Å². The second kappa shape index (κ2) is 7.75. The number of carboxylic acids is 1. The van der Waals surface area contributed by atoms with E-state index >= 15 is 0 Å². The Morgan fingerprint density at radius 3 is 2.13 bits per heavy atom. The van der Waals surface area contributed by atoms with Gasteiger partial charge >= 0.3 is 57.4 Å². The summed E-state index contributed by atoms with van der Waals surface area (Å²) in [5, 5.41) is 10.5. The Morgan fingerprint density at radius 2 is 1.87 bits per heavy atom. The van der Waals surface area contributed by atoms with E-state index in [1.54, 1.807) is 20.8 Å². The van der Waals surface area contributed by atoms with Crippen molar-refractivity contribution in [1.29, 1.82) is 0 Å². The van der Waals surface area contributed by atoms with Crippen molar-refractivity contribution in [1.82, 2.24) is 0 Å². The van der Waals surface area contributed by atoms with Crippen molar-refractivity contribution < 1.29 is 70.8 Å². The zero-order valence-electron chi connectivity index (χ0n) is 9.70. The summed E-state index contributed by atoms with van der Waals surface area (Å²) in [6.45, 7) is 5.11. The number of rotatable bonds is 4. The Labute approximate surface area is 132 Å². The third kappa shape index (κ3) is 8.35. The predicted octanol–water partition coefficient (Wildman–Crippen LogP) is -3.95. The molecule has 0 aromatic heterocycles. The van der Waals surface area contributed by atoms with Crippen molar-refractivity contribution in [3.8, 4) is 0 Å². The average molecular weight is 241 g/mol. The monoisotopic (exact) mass is 241 g/mol. The molecule has 0 aromatic carbocycles. The summed E-state index contributed by atoms with van der Waals surface area (Å²) in [5.74, 6) is -3.49. The fourth-order valence-electron chi connectivity index (χ4n) is 0.872. The van der Waals surface area contributed by atoms with Crippen molar-refractivity contribution in [2.24, 2.45) is 11.7 Å². The number of ether oxygens (including phenoxy) is 1. The number of esters is 1. The van der Waals surface area contributed by atoms with Crippen LogP contribution in [0.4, 0.5) is 0 Å². The first-order valence-electron chi connectivity index (χ1n) is 4.41. The van der Waals surface area contributed by atoms with Crippen LogP contribution in [0.2, 0.25) is 0 Å². The molecule has 0 spiro atoms. The van der Waals surface area contributed by atoms with E-state index < -0.39 is 23.5 Å². The summed E-state index contributed by atoms with van der Waals surface area (Å²) < 4.78 is 4.90. The van der Waals surface area contributed by atoms with Crippen LogP contribution in [0.5, 0.6) is 0 Å². The average Bonchev–Trinajstić information content (AvgIpc) is 1.95. The molecule has 0 rings (SSSR count). The SMILES string of the molecule is CC(C)(C)OC(=O)C(CCN)C(=O)[O-].[K+]. The van der Waals surface area contributed by atoms with Crippen LogP contribution >= 0.6 is 0 Å². The smallest absolute Gasteiger partial charge is 0.549 e. The Bertz CT molecular complexity index is 225. The molecular weight excluding hydrogens is 225 g/mol. The third-order valence-electron chi connectivity index (χ3n) is 1.43. The summed E-state index contributed by atoms with van der Waals surface area (Å²) in [7, 11) is 0. The zero-order chi connectivity index (χ0) is 11.4. The van der Waals surface area contributed by atoms with Crippen molar-refractivity contribution >= 4 is 11.9 Å². The minimum absolute atomic E-state index is 0. The van der Waals surface area contributed by atoms with Crippen LogP contribution in [0.25, 0.3) is 0 Å². The Hall–Kier alpha value is 0.536. The topological polar surface area (TPSA) is 92.5 Å². The molecule has 0 bridgehead atoms. The van der Waals surface area contributed by atoms with Gasteiger partial charge in [0.25, 0.3) is 0 Å². The first-order valence-corrected chi connectivity index (χ1v) is 4.41. The second-order valence-corrected chi connectivity index (χ2v) is 3.98. The van der Waals surface area contributed by atoms with Gasteiger partial charge in [-0.25, -0.2) is 0 Å². The van der Waals surface area contributed by atoms with Crippen molar-refractivity contribution in [2.45, 2.75) is 32.8 Å². The quantitative estimate of drug-likeness (QED) is 0.308. The minimum atomic E-state index is -1.44. The summed E-state index contributed by atoms with van der Waals surface area (Å²) >= 11 is 0. The van der Waals surface area contributed by atoms with Crippen LogP contribution < -0.4 is 62.2 Å². The molecule has 0 radical (unpaired) electrons. The molecule has 0 fully saturated rings. The van der Waals surface area contributed by atoms with Crippen LogP contribution in [0.3, 0.4) is 0 Å². The van der Waals surface area contributed by atoms with Gasteiger partial charge in [-0.3, -0.25) is 4.79 Å². The molecule has 0 saturated carbocycles. The van der Waals surface area contributed by atoms with Crippen LogP contribution in [-0.4, -0.2) is 24.1 Å². The van der Waals surface area contributed by atoms with Crippen molar-refractivity contribution in [2.75, 3.05) is 6.54 Å². The molecule has 0 saturated heterocycles. The van der Waals surface area contributed by atoms with E-state index in [2.05, 4.69) is 0 Å². The zero-order valence-corrected chi connectivity index (χ0v) is 12.8. The molecule has 2 N–H and O–H groups in total. The van der Waals surface area contributed by atoms with Gasteiger partial charge in [0.05, 0.1) is 11.9 Å². The predicted molar refractivity (Wildman–Crippen MR) is 48.0 cm³/mol. The van der Waals surface area contributed by atoms with Gasteiger partial charge in [-0.2, -0.15) is 0 Å². The maximum atomic E-state index is 11.3. The van der Waals surface area contributed by atoms with Gasteiger partial charge in [0.1, 0.15) is 5.60 Å². The van der Waals surface area contributed by atoms with Crippen LogP contribution in [-0.2, 0) is 14.3 Å². The Morgan fingerprint density at radius 1 is 1.40 bits per heavy atom. The maximum absolute atomic E-state index is 11.3. The minimum Gasteiger partial charge on any atom is -0.549 e. The number of aliphatic carboxylic acids is 1. The number of carboxylic acid groups (broad SMARTS) is 1. The number of carbonyl (C=O) groups excluding carboxylic acids is 2. The summed E-state index contributed by atoms with van der Waals surface area (Å²) in [5.41, 5.74) is 4.47. The van der Waals surface area contributed by atoms with Crippen LogP contribution in [0.1, 0.15) is 27.2 Å². The van der Waals surface area contributed by atoms with Gasteiger partial charge in [-0.05, 0) is 33.7 Å².